The minimum Gasteiger partial charge on any atom is -0.497 e. The van der Waals surface area contributed by atoms with Crippen LogP contribution >= 0.6 is 0 Å². The minimum absolute atomic E-state index is 0.0656. The highest BCUT2D eigenvalue weighted by molar-refractivity contribution is 5.91. The Balaban J connectivity index is 1.89. The number of halogens is 3. The molecule has 2 rings (SSSR count). The number of carbonyl (C=O) groups is 1. The molecule has 0 radical (unpaired) electrons. The van der Waals surface area contributed by atoms with E-state index in [9.17, 15) is 28.1 Å². The van der Waals surface area contributed by atoms with Gasteiger partial charge in [0.1, 0.15) is 11.4 Å². The van der Waals surface area contributed by atoms with Crippen molar-refractivity contribution in [2.24, 2.45) is 0 Å². The average Bonchev–Trinajstić information content (AvgIpc) is 2.69. The number of hydrogen-bond acceptors (Lipinski definition) is 5. The minimum atomic E-state index is -4.67. The first-order valence-corrected chi connectivity index (χ1v) is 8.40. The van der Waals surface area contributed by atoms with Crippen LogP contribution in [-0.2, 0) is 11.0 Å². The number of carbonyl (C=O) groups excluding carboxylic acids is 1. The van der Waals surface area contributed by atoms with Crippen molar-refractivity contribution in [3.05, 3.63) is 69.8 Å². The molecular formula is C19H18F3N3O4. The number of ether oxygens (including phenoxy) is 1. The molecule has 29 heavy (non-hydrogen) atoms. The molecule has 0 heterocycles. The van der Waals surface area contributed by atoms with Crippen LogP contribution < -0.4 is 15.4 Å². The number of nitro benzene ring substituents is 1. The SMILES string of the molecule is COc1cccc(/C=C/C(=O)NCCNc2ccc(C(F)(F)F)cc2[N+](=O)[O-])c1. The number of rotatable bonds is 8. The second-order valence-electron chi connectivity index (χ2n) is 5.81. The second kappa shape index (κ2) is 9.58. The van der Waals surface area contributed by atoms with Gasteiger partial charge in [0.05, 0.1) is 17.6 Å². The molecule has 10 heteroatoms. The van der Waals surface area contributed by atoms with E-state index in [1.165, 1.54) is 13.2 Å². The Hall–Kier alpha value is -3.56. The van der Waals surface area contributed by atoms with Gasteiger partial charge < -0.3 is 15.4 Å². The first-order valence-electron chi connectivity index (χ1n) is 8.40. The van der Waals surface area contributed by atoms with E-state index >= 15 is 0 Å². The summed E-state index contributed by atoms with van der Waals surface area (Å²) >= 11 is 0. The maximum atomic E-state index is 12.7. The van der Waals surface area contributed by atoms with E-state index < -0.39 is 28.3 Å². The molecule has 0 aliphatic heterocycles. The zero-order valence-electron chi connectivity index (χ0n) is 15.3. The van der Waals surface area contributed by atoms with E-state index in [4.69, 9.17) is 4.74 Å². The number of benzene rings is 2. The Kier molecular flexibility index (Phi) is 7.18. The maximum absolute atomic E-state index is 12.7. The first kappa shape index (κ1) is 21.7. The maximum Gasteiger partial charge on any atom is 0.416 e. The Labute approximate surface area is 164 Å². The third kappa shape index (κ3) is 6.52. The Morgan fingerprint density at radius 3 is 2.62 bits per heavy atom. The molecule has 2 aromatic rings. The van der Waals surface area contributed by atoms with E-state index in [-0.39, 0.29) is 18.8 Å². The molecule has 154 valence electrons. The van der Waals surface area contributed by atoms with E-state index in [0.29, 0.717) is 11.8 Å². The van der Waals surface area contributed by atoms with Crippen molar-refractivity contribution < 1.29 is 27.6 Å². The molecule has 2 aromatic carbocycles. The summed E-state index contributed by atoms with van der Waals surface area (Å²) in [7, 11) is 1.53. The zero-order valence-corrected chi connectivity index (χ0v) is 15.3. The fourth-order valence-electron chi connectivity index (χ4n) is 2.37. The molecular weight excluding hydrogens is 391 g/mol. The summed E-state index contributed by atoms with van der Waals surface area (Å²) in [5.41, 5.74) is -1.10. The molecule has 0 saturated heterocycles. The van der Waals surface area contributed by atoms with Gasteiger partial charge in [-0.2, -0.15) is 13.2 Å². The third-order valence-electron chi connectivity index (χ3n) is 3.78. The monoisotopic (exact) mass is 409 g/mol. The number of nitro groups is 1. The molecule has 0 bridgehead atoms. The average molecular weight is 409 g/mol. The molecule has 1 amide bonds. The van der Waals surface area contributed by atoms with Crippen LogP contribution in [0.3, 0.4) is 0 Å². The molecule has 0 spiro atoms. The van der Waals surface area contributed by atoms with Gasteiger partial charge in [-0.15, -0.1) is 0 Å². The fraction of sp³-hybridized carbons (Fsp3) is 0.211. The largest absolute Gasteiger partial charge is 0.497 e. The highest BCUT2D eigenvalue weighted by Gasteiger charge is 2.32. The molecule has 0 aromatic heterocycles. The highest BCUT2D eigenvalue weighted by atomic mass is 19.4. The topological polar surface area (TPSA) is 93.5 Å². The molecule has 0 unspecified atom stereocenters. The number of methoxy groups -OCH3 is 1. The summed E-state index contributed by atoms with van der Waals surface area (Å²) in [4.78, 5) is 21.9. The summed E-state index contributed by atoms with van der Waals surface area (Å²) in [5.74, 6) is 0.256. The van der Waals surface area contributed by atoms with Crippen LogP contribution in [0.1, 0.15) is 11.1 Å². The van der Waals surface area contributed by atoms with Gasteiger partial charge in [-0.05, 0) is 35.9 Å². The van der Waals surface area contributed by atoms with Crippen molar-refractivity contribution in [3.8, 4) is 5.75 Å². The normalized spacial score (nSPS) is 11.3. The first-order chi connectivity index (χ1) is 13.7. The molecule has 7 nitrogen and oxygen atoms in total. The van der Waals surface area contributed by atoms with Crippen molar-refractivity contribution in [1.82, 2.24) is 5.32 Å². The van der Waals surface area contributed by atoms with Crippen LogP contribution in [0, 0.1) is 10.1 Å². The van der Waals surface area contributed by atoms with Crippen LogP contribution in [0.4, 0.5) is 24.5 Å². The van der Waals surface area contributed by atoms with Crippen molar-refractivity contribution >= 4 is 23.4 Å². The Bertz CT molecular complexity index is 914. The van der Waals surface area contributed by atoms with Gasteiger partial charge in [0, 0.05) is 25.2 Å². The number of amides is 1. The molecule has 0 saturated carbocycles. The lowest BCUT2D eigenvalue weighted by atomic mass is 10.1. The fourth-order valence-corrected chi connectivity index (χ4v) is 2.37. The number of nitrogens with one attached hydrogen (secondary N) is 2. The van der Waals surface area contributed by atoms with Gasteiger partial charge in [0.15, 0.2) is 0 Å². The number of anilines is 1. The standard InChI is InChI=1S/C19H18F3N3O4/c1-29-15-4-2-3-13(11-15)5-8-18(26)24-10-9-23-16-7-6-14(19(20,21)22)12-17(16)25(27)28/h2-8,11-12,23H,9-10H2,1H3,(H,24,26)/b8-5+. The lowest BCUT2D eigenvalue weighted by Gasteiger charge is -2.10. The molecule has 0 aliphatic carbocycles. The van der Waals surface area contributed by atoms with E-state index in [1.807, 2.05) is 0 Å². The Morgan fingerprint density at radius 1 is 1.21 bits per heavy atom. The van der Waals surface area contributed by atoms with E-state index in [1.54, 1.807) is 30.3 Å². The number of nitrogens with zero attached hydrogens (tertiary/aromatic N) is 1. The summed E-state index contributed by atoms with van der Waals surface area (Å²) in [6.45, 7) is 0.199. The molecule has 0 aliphatic rings. The molecule has 0 fully saturated rings. The highest BCUT2D eigenvalue weighted by Crippen LogP contribution is 2.34. The smallest absolute Gasteiger partial charge is 0.416 e. The lowest BCUT2D eigenvalue weighted by molar-refractivity contribution is -0.384. The van der Waals surface area contributed by atoms with Crippen molar-refractivity contribution in [2.75, 3.05) is 25.5 Å². The van der Waals surface area contributed by atoms with Crippen molar-refractivity contribution in [1.29, 1.82) is 0 Å². The Morgan fingerprint density at radius 2 is 1.97 bits per heavy atom. The summed E-state index contributed by atoms with van der Waals surface area (Å²) in [5, 5.41) is 16.2. The summed E-state index contributed by atoms with van der Waals surface area (Å²) in [6.07, 6.45) is -1.77. The summed E-state index contributed by atoms with van der Waals surface area (Å²) in [6, 6.07) is 9.29. The van der Waals surface area contributed by atoms with Gasteiger partial charge in [0.25, 0.3) is 5.69 Å². The van der Waals surface area contributed by atoms with Crippen LogP contribution in [0.2, 0.25) is 0 Å². The number of alkyl halides is 3. The van der Waals surface area contributed by atoms with Crippen LogP contribution in [-0.4, -0.2) is 31.0 Å². The van der Waals surface area contributed by atoms with Crippen LogP contribution in [0.25, 0.3) is 6.08 Å². The number of hydrogen-bond donors (Lipinski definition) is 2. The lowest BCUT2D eigenvalue weighted by Crippen LogP contribution is -2.27. The molecule has 2 N–H and O–H groups in total. The van der Waals surface area contributed by atoms with Crippen molar-refractivity contribution in [3.63, 3.8) is 0 Å². The van der Waals surface area contributed by atoms with Gasteiger partial charge in [-0.1, -0.05) is 12.1 Å². The predicted octanol–water partition coefficient (Wildman–Crippen LogP) is 3.86. The van der Waals surface area contributed by atoms with E-state index in [2.05, 4.69) is 10.6 Å². The van der Waals surface area contributed by atoms with Gasteiger partial charge >= 0.3 is 6.18 Å². The van der Waals surface area contributed by atoms with Gasteiger partial charge in [0.2, 0.25) is 5.91 Å². The second-order valence-corrected chi connectivity index (χ2v) is 5.81. The predicted molar refractivity (Wildman–Crippen MR) is 102 cm³/mol. The quantitative estimate of drug-likeness (QED) is 0.299. The molecule has 0 atom stereocenters. The van der Waals surface area contributed by atoms with Gasteiger partial charge in [-0.25, -0.2) is 0 Å². The third-order valence-corrected chi connectivity index (χ3v) is 3.78. The van der Waals surface area contributed by atoms with Crippen LogP contribution in [0.15, 0.2) is 48.5 Å². The van der Waals surface area contributed by atoms with Crippen molar-refractivity contribution in [2.45, 2.75) is 6.18 Å². The zero-order chi connectivity index (χ0) is 21.4. The van der Waals surface area contributed by atoms with Gasteiger partial charge in [-0.3, -0.25) is 14.9 Å². The summed E-state index contributed by atoms with van der Waals surface area (Å²) < 4.78 is 43.2. The van der Waals surface area contributed by atoms with E-state index in [0.717, 1.165) is 17.7 Å². The van der Waals surface area contributed by atoms with Crippen LogP contribution in [0.5, 0.6) is 5.75 Å².